The monoisotopic (exact) mass is 272 g/mol. The van der Waals surface area contributed by atoms with Gasteiger partial charge in [-0.2, -0.15) is 0 Å². The fourth-order valence-corrected chi connectivity index (χ4v) is 3.87. The second-order valence-corrected chi connectivity index (χ2v) is 6.75. The number of benzene rings is 1. The number of nitrogens with two attached hydrogens (primary N) is 1. The van der Waals surface area contributed by atoms with Crippen molar-refractivity contribution in [2.75, 3.05) is 18.0 Å². The van der Waals surface area contributed by atoms with E-state index >= 15 is 0 Å². The Bertz CT molecular complexity index is 435. The SMILES string of the molecule is NC1(CCN2CCCCc3ccccc32)CCCCC1. The first kappa shape index (κ1) is 13.9. The lowest BCUT2D eigenvalue weighted by Gasteiger charge is -2.36. The third kappa shape index (κ3) is 3.17. The van der Waals surface area contributed by atoms with E-state index < -0.39 is 0 Å². The Morgan fingerprint density at radius 2 is 1.80 bits per heavy atom. The molecule has 1 aromatic rings. The number of hydrogen-bond acceptors (Lipinski definition) is 2. The largest absolute Gasteiger partial charge is 0.371 e. The van der Waals surface area contributed by atoms with E-state index in [2.05, 4.69) is 29.2 Å². The van der Waals surface area contributed by atoms with Crippen LogP contribution in [-0.2, 0) is 6.42 Å². The van der Waals surface area contributed by atoms with E-state index in [-0.39, 0.29) is 5.54 Å². The minimum absolute atomic E-state index is 0.111. The van der Waals surface area contributed by atoms with Crippen molar-refractivity contribution in [2.24, 2.45) is 5.73 Å². The molecule has 0 aromatic heterocycles. The molecule has 0 saturated heterocycles. The zero-order valence-corrected chi connectivity index (χ0v) is 12.6. The van der Waals surface area contributed by atoms with Crippen LogP contribution in [0.1, 0.15) is 56.9 Å². The fourth-order valence-electron chi connectivity index (χ4n) is 3.87. The van der Waals surface area contributed by atoms with Crippen molar-refractivity contribution in [3.8, 4) is 0 Å². The molecule has 1 aromatic carbocycles. The highest BCUT2D eigenvalue weighted by molar-refractivity contribution is 5.54. The maximum absolute atomic E-state index is 6.61. The summed E-state index contributed by atoms with van der Waals surface area (Å²) in [6.07, 6.45) is 11.5. The first-order valence-corrected chi connectivity index (χ1v) is 8.39. The summed E-state index contributed by atoms with van der Waals surface area (Å²) in [7, 11) is 0. The molecule has 1 aliphatic heterocycles. The molecule has 20 heavy (non-hydrogen) atoms. The van der Waals surface area contributed by atoms with Crippen LogP contribution in [-0.4, -0.2) is 18.6 Å². The van der Waals surface area contributed by atoms with Crippen LogP contribution in [0.2, 0.25) is 0 Å². The lowest BCUT2D eigenvalue weighted by atomic mass is 9.80. The third-order valence-electron chi connectivity index (χ3n) is 5.19. The average molecular weight is 272 g/mol. The number of aryl methyl sites for hydroxylation is 1. The topological polar surface area (TPSA) is 29.3 Å². The molecule has 1 fully saturated rings. The zero-order chi connectivity index (χ0) is 13.8. The smallest absolute Gasteiger partial charge is 0.0398 e. The van der Waals surface area contributed by atoms with Gasteiger partial charge in [0.05, 0.1) is 0 Å². The van der Waals surface area contributed by atoms with Crippen LogP contribution in [0.3, 0.4) is 0 Å². The van der Waals surface area contributed by atoms with Gasteiger partial charge in [-0.25, -0.2) is 0 Å². The highest BCUT2D eigenvalue weighted by Crippen LogP contribution is 2.31. The fraction of sp³-hybridized carbons (Fsp3) is 0.667. The lowest BCUT2D eigenvalue weighted by Crippen LogP contribution is -2.44. The number of anilines is 1. The van der Waals surface area contributed by atoms with Crippen LogP contribution >= 0.6 is 0 Å². The third-order valence-corrected chi connectivity index (χ3v) is 5.19. The van der Waals surface area contributed by atoms with Gasteiger partial charge in [-0.1, -0.05) is 37.5 Å². The molecule has 2 aliphatic rings. The highest BCUT2D eigenvalue weighted by atomic mass is 15.1. The Labute approximate surface area is 123 Å². The summed E-state index contributed by atoms with van der Waals surface area (Å²) in [5, 5.41) is 0. The molecule has 1 saturated carbocycles. The quantitative estimate of drug-likeness (QED) is 0.904. The van der Waals surface area contributed by atoms with Gasteiger partial charge in [0.25, 0.3) is 0 Å². The summed E-state index contributed by atoms with van der Waals surface area (Å²) >= 11 is 0. The first-order chi connectivity index (χ1) is 9.77. The maximum atomic E-state index is 6.61. The summed E-state index contributed by atoms with van der Waals surface area (Å²) in [5.74, 6) is 0. The number of fused-ring (bicyclic) bond motifs is 1. The summed E-state index contributed by atoms with van der Waals surface area (Å²) in [6, 6.07) is 8.95. The molecule has 1 heterocycles. The van der Waals surface area contributed by atoms with E-state index in [1.54, 1.807) is 0 Å². The predicted octanol–water partition coefficient (Wildman–Crippen LogP) is 3.88. The second-order valence-electron chi connectivity index (χ2n) is 6.75. The molecule has 2 heteroatoms. The summed E-state index contributed by atoms with van der Waals surface area (Å²) < 4.78 is 0. The minimum atomic E-state index is 0.111. The number of hydrogen-bond donors (Lipinski definition) is 1. The molecule has 3 rings (SSSR count). The van der Waals surface area contributed by atoms with Gasteiger partial charge in [0.2, 0.25) is 0 Å². The molecular weight excluding hydrogens is 244 g/mol. The molecule has 0 spiro atoms. The number of nitrogens with zero attached hydrogens (tertiary/aromatic N) is 1. The van der Waals surface area contributed by atoms with Crippen molar-refractivity contribution in [3.63, 3.8) is 0 Å². The normalized spacial score (nSPS) is 22.1. The number of para-hydroxylation sites is 1. The molecule has 1 aliphatic carbocycles. The van der Waals surface area contributed by atoms with Gasteiger partial charge < -0.3 is 10.6 Å². The Morgan fingerprint density at radius 3 is 2.65 bits per heavy atom. The molecule has 110 valence electrons. The zero-order valence-electron chi connectivity index (χ0n) is 12.6. The van der Waals surface area contributed by atoms with E-state index in [4.69, 9.17) is 5.73 Å². The molecule has 0 unspecified atom stereocenters. The minimum Gasteiger partial charge on any atom is -0.371 e. The average Bonchev–Trinajstić information content (AvgIpc) is 2.68. The lowest BCUT2D eigenvalue weighted by molar-refractivity contribution is 0.279. The van der Waals surface area contributed by atoms with Gasteiger partial charge >= 0.3 is 0 Å². The van der Waals surface area contributed by atoms with Crippen LogP contribution in [0.4, 0.5) is 5.69 Å². The van der Waals surface area contributed by atoms with Gasteiger partial charge in [-0.15, -0.1) is 0 Å². The van der Waals surface area contributed by atoms with Crippen molar-refractivity contribution in [2.45, 2.75) is 63.3 Å². The molecular formula is C18H28N2. The second kappa shape index (κ2) is 6.17. The molecule has 2 nitrogen and oxygen atoms in total. The maximum Gasteiger partial charge on any atom is 0.0398 e. The highest BCUT2D eigenvalue weighted by Gasteiger charge is 2.28. The van der Waals surface area contributed by atoms with Crippen LogP contribution in [0, 0.1) is 0 Å². The van der Waals surface area contributed by atoms with Crippen molar-refractivity contribution in [1.82, 2.24) is 0 Å². The molecule has 0 atom stereocenters. The molecule has 0 radical (unpaired) electrons. The van der Waals surface area contributed by atoms with Crippen LogP contribution in [0.15, 0.2) is 24.3 Å². The standard InChI is InChI=1S/C18H28N2/c19-18(11-5-1-6-12-18)13-15-20-14-7-4-9-16-8-2-3-10-17(16)20/h2-3,8,10H,1,4-7,9,11-15,19H2. The van der Waals surface area contributed by atoms with E-state index in [0.717, 1.165) is 13.0 Å². The molecule has 0 bridgehead atoms. The van der Waals surface area contributed by atoms with Gasteiger partial charge in [-0.3, -0.25) is 0 Å². The Morgan fingerprint density at radius 1 is 1.00 bits per heavy atom. The van der Waals surface area contributed by atoms with Crippen molar-refractivity contribution < 1.29 is 0 Å². The molecule has 2 N–H and O–H groups in total. The van der Waals surface area contributed by atoms with Gasteiger partial charge in [0.1, 0.15) is 0 Å². The summed E-state index contributed by atoms with van der Waals surface area (Å²) in [6.45, 7) is 2.33. The predicted molar refractivity (Wildman–Crippen MR) is 86.2 cm³/mol. The van der Waals surface area contributed by atoms with Crippen molar-refractivity contribution in [1.29, 1.82) is 0 Å². The Kier molecular flexibility index (Phi) is 4.30. The Hall–Kier alpha value is -1.02. The summed E-state index contributed by atoms with van der Waals surface area (Å²) in [4.78, 5) is 2.59. The van der Waals surface area contributed by atoms with Crippen LogP contribution in [0.5, 0.6) is 0 Å². The van der Waals surface area contributed by atoms with Crippen molar-refractivity contribution in [3.05, 3.63) is 29.8 Å². The summed E-state index contributed by atoms with van der Waals surface area (Å²) in [5.41, 5.74) is 9.71. The van der Waals surface area contributed by atoms with E-state index in [1.807, 2.05) is 0 Å². The van der Waals surface area contributed by atoms with Crippen molar-refractivity contribution >= 4 is 5.69 Å². The van der Waals surface area contributed by atoms with Crippen LogP contribution in [0.25, 0.3) is 0 Å². The molecule has 0 amide bonds. The number of rotatable bonds is 3. The Balaban J connectivity index is 1.67. The van der Waals surface area contributed by atoms with E-state index in [9.17, 15) is 0 Å². The van der Waals surface area contributed by atoms with Gasteiger partial charge in [0.15, 0.2) is 0 Å². The van der Waals surface area contributed by atoms with Gasteiger partial charge in [0, 0.05) is 24.3 Å². The van der Waals surface area contributed by atoms with Gasteiger partial charge in [-0.05, 0) is 50.2 Å². The van der Waals surface area contributed by atoms with E-state index in [0.29, 0.717) is 0 Å². The first-order valence-electron chi connectivity index (χ1n) is 8.39. The van der Waals surface area contributed by atoms with E-state index in [1.165, 1.54) is 69.2 Å². The van der Waals surface area contributed by atoms with Crippen LogP contribution < -0.4 is 10.6 Å².